The molecule has 9 heavy (non-hydrogen) atoms. The van der Waals surface area contributed by atoms with Gasteiger partial charge in [-0.05, 0) is 0 Å². The Morgan fingerprint density at radius 1 is 1.22 bits per heavy atom. The van der Waals surface area contributed by atoms with E-state index in [1.54, 1.807) is 0 Å². The molecular formula is C7H18NO+. The molecule has 1 fully saturated rings. The van der Waals surface area contributed by atoms with Gasteiger partial charge in [0.15, 0.2) is 0 Å². The van der Waals surface area contributed by atoms with Gasteiger partial charge in [-0.1, -0.05) is 13.8 Å². The van der Waals surface area contributed by atoms with Gasteiger partial charge >= 0.3 is 0 Å². The van der Waals surface area contributed by atoms with E-state index in [-0.39, 0.29) is 0 Å². The summed E-state index contributed by atoms with van der Waals surface area (Å²) in [6.45, 7) is 5.85. The fraction of sp³-hybridized carbons (Fsp3) is 1.00. The van der Waals surface area contributed by atoms with Gasteiger partial charge in [0, 0.05) is 12.8 Å². The van der Waals surface area contributed by atoms with E-state index in [1.807, 2.05) is 13.8 Å². The van der Waals surface area contributed by atoms with E-state index in [0.717, 1.165) is 26.1 Å². The zero-order valence-corrected chi connectivity index (χ0v) is 6.52. The van der Waals surface area contributed by atoms with E-state index >= 15 is 0 Å². The van der Waals surface area contributed by atoms with Gasteiger partial charge in [-0.15, -0.1) is 0 Å². The molecule has 1 saturated heterocycles. The molecular weight excluding hydrogens is 114 g/mol. The van der Waals surface area contributed by atoms with Gasteiger partial charge in [-0.2, -0.15) is 0 Å². The molecule has 0 aromatic heterocycles. The molecule has 0 saturated carbocycles. The first-order valence-electron chi connectivity index (χ1n) is 3.80. The number of ether oxygens (including phenoxy) is 1. The maximum absolute atomic E-state index is 5.10. The number of rotatable bonds is 0. The van der Waals surface area contributed by atoms with Crippen molar-refractivity contribution in [3.8, 4) is 0 Å². The van der Waals surface area contributed by atoms with E-state index in [9.17, 15) is 0 Å². The third-order valence-corrected chi connectivity index (χ3v) is 1.34. The maximum Gasteiger partial charge on any atom is 0.0888 e. The summed E-state index contributed by atoms with van der Waals surface area (Å²) in [6.07, 6.45) is 2.31. The minimum absolute atomic E-state index is 0.661. The van der Waals surface area contributed by atoms with Crippen molar-refractivity contribution in [2.75, 3.05) is 13.2 Å². The molecule has 0 aromatic rings. The summed E-state index contributed by atoms with van der Waals surface area (Å²) in [5, 5.41) is 0. The Morgan fingerprint density at radius 2 is 1.67 bits per heavy atom. The summed E-state index contributed by atoms with van der Waals surface area (Å²) in [6, 6.07) is 0.661. The van der Waals surface area contributed by atoms with Crippen LogP contribution in [0.25, 0.3) is 0 Å². The average Bonchev–Trinajstić information content (AvgIpc) is 1.94. The third kappa shape index (κ3) is 4.43. The molecule has 0 unspecified atom stereocenters. The average molecular weight is 132 g/mol. The normalized spacial score (nSPS) is 20.3. The number of hydrogen-bond acceptors (Lipinski definition) is 1. The van der Waals surface area contributed by atoms with Gasteiger partial charge in [0.1, 0.15) is 0 Å². The third-order valence-electron chi connectivity index (χ3n) is 1.34. The highest BCUT2D eigenvalue weighted by atomic mass is 16.5. The minimum Gasteiger partial charge on any atom is -0.381 e. The first-order valence-corrected chi connectivity index (χ1v) is 3.80. The van der Waals surface area contributed by atoms with E-state index in [2.05, 4.69) is 5.73 Å². The van der Waals surface area contributed by atoms with Gasteiger partial charge in [0.25, 0.3) is 0 Å². The summed E-state index contributed by atoms with van der Waals surface area (Å²) in [5.74, 6) is 0. The van der Waals surface area contributed by atoms with Crippen LogP contribution in [0.1, 0.15) is 26.7 Å². The highest BCUT2D eigenvalue weighted by molar-refractivity contribution is 4.56. The van der Waals surface area contributed by atoms with E-state index in [1.165, 1.54) is 0 Å². The quantitative estimate of drug-likeness (QED) is 0.510. The molecule has 0 aromatic carbocycles. The fourth-order valence-corrected chi connectivity index (χ4v) is 0.746. The summed E-state index contributed by atoms with van der Waals surface area (Å²) in [7, 11) is 0. The lowest BCUT2D eigenvalue weighted by molar-refractivity contribution is -0.429. The lowest BCUT2D eigenvalue weighted by Crippen LogP contribution is -2.62. The summed E-state index contributed by atoms with van der Waals surface area (Å²) >= 11 is 0. The number of quaternary nitrogens is 1. The van der Waals surface area contributed by atoms with E-state index in [4.69, 9.17) is 4.74 Å². The van der Waals surface area contributed by atoms with Crippen LogP contribution < -0.4 is 5.73 Å². The molecule has 0 radical (unpaired) electrons. The monoisotopic (exact) mass is 132 g/mol. The van der Waals surface area contributed by atoms with Crippen LogP contribution >= 0.6 is 0 Å². The van der Waals surface area contributed by atoms with Gasteiger partial charge < -0.3 is 10.5 Å². The van der Waals surface area contributed by atoms with Gasteiger partial charge in [0.05, 0.1) is 19.3 Å². The molecule has 0 amide bonds. The van der Waals surface area contributed by atoms with Crippen LogP contribution in [0.2, 0.25) is 0 Å². The summed E-state index contributed by atoms with van der Waals surface area (Å²) in [5.41, 5.74) is 3.92. The van der Waals surface area contributed by atoms with Crippen LogP contribution in [-0.2, 0) is 4.74 Å². The first kappa shape index (κ1) is 8.92. The highest BCUT2D eigenvalue weighted by Gasteiger charge is 2.09. The van der Waals surface area contributed by atoms with Crippen molar-refractivity contribution in [2.24, 2.45) is 0 Å². The molecule has 2 heteroatoms. The van der Waals surface area contributed by atoms with Crippen molar-refractivity contribution in [3.63, 3.8) is 0 Å². The second-order valence-corrected chi connectivity index (χ2v) is 2.06. The lowest BCUT2D eigenvalue weighted by atomic mass is 10.1. The molecule has 1 rings (SSSR count). The number of hydrogen-bond donors (Lipinski definition) is 1. The van der Waals surface area contributed by atoms with Crippen molar-refractivity contribution in [2.45, 2.75) is 32.7 Å². The SMILES string of the molecule is CC.[NH3+]C1CCOCC1. The van der Waals surface area contributed by atoms with Crippen molar-refractivity contribution < 1.29 is 10.5 Å². The molecule has 1 aliphatic rings. The van der Waals surface area contributed by atoms with Crippen LogP contribution in [0.15, 0.2) is 0 Å². The molecule has 56 valence electrons. The molecule has 0 aliphatic carbocycles. The summed E-state index contributed by atoms with van der Waals surface area (Å²) < 4.78 is 5.10. The van der Waals surface area contributed by atoms with Crippen molar-refractivity contribution in [1.29, 1.82) is 0 Å². The molecule has 3 N–H and O–H groups in total. The Morgan fingerprint density at radius 3 is 1.89 bits per heavy atom. The highest BCUT2D eigenvalue weighted by Crippen LogP contribution is 1.99. The minimum atomic E-state index is 0.661. The Kier molecular flexibility index (Phi) is 5.99. The second-order valence-electron chi connectivity index (χ2n) is 2.06. The van der Waals surface area contributed by atoms with Crippen LogP contribution in [0.4, 0.5) is 0 Å². The second kappa shape index (κ2) is 6.05. The van der Waals surface area contributed by atoms with Gasteiger partial charge in [-0.25, -0.2) is 0 Å². The maximum atomic E-state index is 5.10. The predicted octanol–water partition coefficient (Wildman–Crippen LogP) is 0.433. The van der Waals surface area contributed by atoms with Crippen LogP contribution in [0.5, 0.6) is 0 Å². The predicted molar refractivity (Wildman–Crippen MR) is 38.1 cm³/mol. The summed E-state index contributed by atoms with van der Waals surface area (Å²) in [4.78, 5) is 0. The Balaban J connectivity index is 0.000000291. The molecule has 1 heterocycles. The Bertz CT molecular complexity index is 50.9. The largest absolute Gasteiger partial charge is 0.381 e. The van der Waals surface area contributed by atoms with Gasteiger partial charge in [-0.3, -0.25) is 0 Å². The zero-order valence-electron chi connectivity index (χ0n) is 6.52. The molecule has 2 nitrogen and oxygen atoms in total. The fourth-order valence-electron chi connectivity index (χ4n) is 0.746. The van der Waals surface area contributed by atoms with Crippen LogP contribution in [0, 0.1) is 0 Å². The molecule has 0 bridgehead atoms. The smallest absolute Gasteiger partial charge is 0.0888 e. The Hall–Kier alpha value is -0.0800. The molecule has 0 spiro atoms. The van der Waals surface area contributed by atoms with Crippen molar-refractivity contribution in [3.05, 3.63) is 0 Å². The van der Waals surface area contributed by atoms with Crippen LogP contribution in [0.3, 0.4) is 0 Å². The zero-order chi connectivity index (χ0) is 7.11. The first-order chi connectivity index (χ1) is 4.39. The molecule has 1 aliphatic heterocycles. The standard InChI is InChI=1S/C5H11NO.C2H6/c6-5-1-3-7-4-2-5;1-2/h5H,1-4,6H2;1-2H3/p+1. The van der Waals surface area contributed by atoms with Crippen molar-refractivity contribution in [1.82, 2.24) is 0 Å². The Labute approximate surface area is 57.4 Å². The molecule has 0 atom stereocenters. The van der Waals surface area contributed by atoms with E-state index < -0.39 is 0 Å². The van der Waals surface area contributed by atoms with E-state index in [0.29, 0.717) is 6.04 Å². The topological polar surface area (TPSA) is 36.9 Å². The lowest BCUT2D eigenvalue weighted by Gasteiger charge is -2.13. The van der Waals surface area contributed by atoms with Crippen molar-refractivity contribution >= 4 is 0 Å². The van der Waals surface area contributed by atoms with Crippen LogP contribution in [-0.4, -0.2) is 19.3 Å². The van der Waals surface area contributed by atoms with Gasteiger partial charge in [0.2, 0.25) is 0 Å².